The predicted molar refractivity (Wildman–Crippen MR) is 57.1 cm³/mol. The zero-order valence-electron chi connectivity index (χ0n) is 8.82. The molecule has 80 valence electrons. The quantitative estimate of drug-likeness (QED) is 0.432. The fourth-order valence-electron chi connectivity index (χ4n) is 1.35. The molecule has 1 unspecified atom stereocenters. The Bertz CT molecular complexity index is 121. The summed E-state index contributed by atoms with van der Waals surface area (Å²) in [7, 11) is 2.96. The number of rotatable bonds is 7. The summed E-state index contributed by atoms with van der Waals surface area (Å²) in [5.41, 5.74) is 11.3. The van der Waals surface area contributed by atoms with Crippen molar-refractivity contribution in [1.82, 2.24) is 0 Å². The standard InChI is InChI=1S/C8H22N2O2Si/c1-4-6(7(9)10)5-13-8(11-2)12-3/h6-8H,4-5,9-10,13H2,1-3H3. The Hall–Kier alpha value is 0.0569. The van der Waals surface area contributed by atoms with E-state index in [-0.39, 0.29) is 21.6 Å². The van der Waals surface area contributed by atoms with Crippen LogP contribution in [0.15, 0.2) is 0 Å². The van der Waals surface area contributed by atoms with Gasteiger partial charge in [0.15, 0.2) is 0 Å². The first kappa shape index (κ1) is 13.1. The van der Waals surface area contributed by atoms with E-state index in [1.807, 2.05) is 0 Å². The predicted octanol–water partition coefficient (Wildman–Crippen LogP) is -0.580. The second-order valence-electron chi connectivity index (χ2n) is 3.22. The summed E-state index contributed by atoms with van der Waals surface area (Å²) in [6, 6.07) is 1.08. The van der Waals surface area contributed by atoms with Crippen LogP contribution in [-0.4, -0.2) is 35.8 Å². The van der Waals surface area contributed by atoms with Crippen molar-refractivity contribution in [1.29, 1.82) is 0 Å². The van der Waals surface area contributed by atoms with Crippen molar-refractivity contribution < 1.29 is 9.47 Å². The Kier molecular flexibility index (Phi) is 7.49. The van der Waals surface area contributed by atoms with Crippen molar-refractivity contribution >= 4 is 9.52 Å². The summed E-state index contributed by atoms with van der Waals surface area (Å²) in [5, 5.41) is 0. The van der Waals surface area contributed by atoms with Crippen molar-refractivity contribution in [3.8, 4) is 0 Å². The topological polar surface area (TPSA) is 70.5 Å². The molecule has 1 atom stereocenters. The highest BCUT2D eigenvalue weighted by Crippen LogP contribution is 2.10. The maximum atomic E-state index is 5.63. The maximum absolute atomic E-state index is 5.63. The Labute approximate surface area is 82.8 Å². The molecule has 0 heterocycles. The average molecular weight is 206 g/mol. The fraction of sp³-hybridized carbons (Fsp3) is 1.00. The maximum Gasteiger partial charge on any atom is 0.134 e. The van der Waals surface area contributed by atoms with Crippen LogP contribution in [0.3, 0.4) is 0 Å². The molecule has 0 aromatic carbocycles. The van der Waals surface area contributed by atoms with Crippen LogP contribution >= 0.6 is 0 Å². The lowest BCUT2D eigenvalue weighted by Crippen LogP contribution is -2.40. The van der Waals surface area contributed by atoms with Crippen molar-refractivity contribution in [2.24, 2.45) is 17.4 Å². The molecule has 0 amide bonds. The molecule has 0 radical (unpaired) electrons. The van der Waals surface area contributed by atoms with E-state index in [0.29, 0.717) is 5.92 Å². The van der Waals surface area contributed by atoms with Gasteiger partial charge < -0.3 is 20.9 Å². The highest BCUT2D eigenvalue weighted by molar-refractivity contribution is 6.36. The summed E-state index contributed by atoms with van der Waals surface area (Å²) in [6.45, 7) is 2.11. The van der Waals surface area contributed by atoms with Gasteiger partial charge in [0.2, 0.25) is 0 Å². The van der Waals surface area contributed by atoms with E-state index >= 15 is 0 Å². The van der Waals surface area contributed by atoms with Crippen LogP contribution in [0.4, 0.5) is 0 Å². The summed E-state index contributed by atoms with van der Waals surface area (Å²) >= 11 is 0. The molecule has 0 aliphatic heterocycles. The Morgan fingerprint density at radius 3 is 2.08 bits per heavy atom. The highest BCUT2D eigenvalue weighted by Gasteiger charge is 2.15. The number of hydrogen-bond donors (Lipinski definition) is 2. The van der Waals surface area contributed by atoms with E-state index in [4.69, 9.17) is 20.9 Å². The van der Waals surface area contributed by atoms with Gasteiger partial charge in [0.25, 0.3) is 0 Å². The SMILES string of the molecule is CCC(C[SiH2]C(OC)OC)C(N)N. The van der Waals surface area contributed by atoms with Crippen molar-refractivity contribution in [2.75, 3.05) is 14.2 Å². The first-order chi connectivity index (χ1) is 6.15. The van der Waals surface area contributed by atoms with Crippen LogP contribution in [-0.2, 0) is 9.47 Å². The third kappa shape index (κ3) is 5.38. The molecule has 0 bridgehead atoms. The molecule has 0 saturated heterocycles. The summed E-state index contributed by atoms with van der Waals surface area (Å²) in [4.78, 5) is 0. The number of ether oxygens (including phenoxy) is 2. The van der Waals surface area contributed by atoms with Crippen LogP contribution in [0.2, 0.25) is 6.04 Å². The van der Waals surface area contributed by atoms with E-state index in [9.17, 15) is 0 Å². The van der Waals surface area contributed by atoms with Gasteiger partial charge in [-0.25, -0.2) is 0 Å². The lowest BCUT2D eigenvalue weighted by Gasteiger charge is -2.20. The number of hydrogen-bond acceptors (Lipinski definition) is 4. The molecule has 0 fully saturated rings. The molecule has 0 aromatic rings. The lowest BCUT2D eigenvalue weighted by atomic mass is 10.1. The van der Waals surface area contributed by atoms with Gasteiger partial charge in [-0.3, -0.25) is 0 Å². The molecule has 0 aromatic heterocycles. The van der Waals surface area contributed by atoms with E-state index < -0.39 is 0 Å². The molecule has 13 heavy (non-hydrogen) atoms. The van der Waals surface area contributed by atoms with Crippen LogP contribution < -0.4 is 11.5 Å². The normalized spacial score (nSPS) is 15.0. The van der Waals surface area contributed by atoms with Gasteiger partial charge in [0.1, 0.15) is 5.91 Å². The van der Waals surface area contributed by atoms with Gasteiger partial charge >= 0.3 is 0 Å². The van der Waals surface area contributed by atoms with Gasteiger partial charge in [0.05, 0.1) is 15.7 Å². The molecule has 0 spiro atoms. The van der Waals surface area contributed by atoms with Gasteiger partial charge in [0, 0.05) is 14.2 Å². The molecule has 4 nitrogen and oxygen atoms in total. The van der Waals surface area contributed by atoms with E-state index in [1.165, 1.54) is 0 Å². The summed E-state index contributed by atoms with van der Waals surface area (Å²) in [6.07, 6.45) is 0.831. The molecule has 5 heteroatoms. The average Bonchev–Trinajstić information content (AvgIpc) is 2.12. The minimum Gasteiger partial charge on any atom is -0.360 e. The first-order valence-corrected chi connectivity index (χ1v) is 6.54. The minimum absolute atomic E-state index is 0.00722. The van der Waals surface area contributed by atoms with E-state index in [1.54, 1.807) is 14.2 Å². The Balaban J connectivity index is 3.69. The monoisotopic (exact) mass is 206 g/mol. The molecular weight excluding hydrogens is 184 g/mol. The van der Waals surface area contributed by atoms with Crippen molar-refractivity contribution in [2.45, 2.75) is 31.5 Å². The van der Waals surface area contributed by atoms with Crippen molar-refractivity contribution in [3.05, 3.63) is 0 Å². The number of nitrogens with two attached hydrogens (primary N) is 2. The van der Waals surface area contributed by atoms with Gasteiger partial charge in [-0.05, 0) is 5.92 Å². The molecule has 0 aliphatic carbocycles. The second kappa shape index (κ2) is 7.46. The molecule has 4 N–H and O–H groups in total. The highest BCUT2D eigenvalue weighted by atomic mass is 28.2. The van der Waals surface area contributed by atoms with E-state index in [0.717, 1.165) is 12.5 Å². The second-order valence-corrected chi connectivity index (χ2v) is 5.05. The van der Waals surface area contributed by atoms with E-state index in [2.05, 4.69) is 6.92 Å². The fourth-order valence-corrected chi connectivity index (χ4v) is 3.32. The van der Waals surface area contributed by atoms with Crippen LogP contribution in [0, 0.1) is 5.92 Å². The van der Waals surface area contributed by atoms with Crippen LogP contribution in [0.5, 0.6) is 0 Å². The van der Waals surface area contributed by atoms with Crippen LogP contribution in [0.1, 0.15) is 13.3 Å². The van der Waals surface area contributed by atoms with Gasteiger partial charge in [-0.15, -0.1) is 0 Å². The zero-order valence-corrected chi connectivity index (χ0v) is 10.2. The zero-order chi connectivity index (χ0) is 10.3. The van der Waals surface area contributed by atoms with Gasteiger partial charge in [-0.2, -0.15) is 0 Å². The van der Waals surface area contributed by atoms with Crippen LogP contribution in [0.25, 0.3) is 0 Å². The first-order valence-electron chi connectivity index (χ1n) is 4.72. The molecule has 0 rings (SSSR count). The third-order valence-corrected chi connectivity index (χ3v) is 4.58. The Morgan fingerprint density at radius 1 is 1.23 bits per heavy atom. The largest absolute Gasteiger partial charge is 0.360 e. The summed E-state index contributed by atoms with van der Waals surface area (Å²) in [5.74, 6) is 0.423. The smallest absolute Gasteiger partial charge is 0.134 e. The molecule has 0 saturated carbocycles. The lowest BCUT2D eigenvalue weighted by molar-refractivity contribution is -0.0444. The molecule has 0 aliphatic rings. The molecular formula is C8H22N2O2Si. The number of methoxy groups -OCH3 is 2. The third-order valence-electron chi connectivity index (χ3n) is 2.37. The Morgan fingerprint density at radius 2 is 1.77 bits per heavy atom. The minimum atomic E-state index is -0.380. The van der Waals surface area contributed by atoms with Crippen molar-refractivity contribution in [3.63, 3.8) is 0 Å². The summed E-state index contributed by atoms with van der Waals surface area (Å²) < 4.78 is 10.3. The van der Waals surface area contributed by atoms with Gasteiger partial charge in [-0.1, -0.05) is 19.4 Å².